The van der Waals surface area contributed by atoms with E-state index in [1.807, 2.05) is 37.3 Å². The highest BCUT2D eigenvalue weighted by molar-refractivity contribution is 5.69. The van der Waals surface area contributed by atoms with Crippen molar-refractivity contribution >= 4 is 5.97 Å². The van der Waals surface area contributed by atoms with E-state index in [2.05, 4.69) is 0 Å². The Labute approximate surface area is 130 Å². The van der Waals surface area contributed by atoms with Gasteiger partial charge in [0, 0.05) is 18.9 Å². The molecule has 2 rings (SSSR count). The van der Waals surface area contributed by atoms with E-state index in [9.17, 15) is 9.18 Å². The zero-order valence-electron chi connectivity index (χ0n) is 12.8. The van der Waals surface area contributed by atoms with Gasteiger partial charge in [0.15, 0.2) is 0 Å². The van der Waals surface area contributed by atoms with Gasteiger partial charge in [0.25, 0.3) is 0 Å². The minimum absolute atomic E-state index is 0.0370. The van der Waals surface area contributed by atoms with Crippen LogP contribution in [0.25, 0.3) is 0 Å². The summed E-state index contributed by atoms with van der Waals surface area (Å²) in [5, 5.41) is 8.57. The third-order valence-corrected chi connectivity index (χ3v) is 2.80. The Balaban J connectivity index is 0.000000255. The molecule has 0 fully saturated rings. The summed E-state index contributed by atoms with van der Waals surface area (Å²) in [6, 6.07) is 15.2. The van der Waals surface area contributed by atoms with Gasteiger partial charge >= 0.3 is 5.97 Å². The zero-order valence-corrected chi connectivity index (χ0v) is 12.8. The number of carbonyl (C=O) groups is 1. The van der Waals surface area contributed by atoms with Crippen molar-refractivity contribution in [2.75, 3.05) is 0 Å². The number of benzene rings is 2. The Bertz CT molecular complexity index is 552. The first-order valence-corrected chi connectivity index (χ1v) is 7.19. The number of hydrogen-bond donors (Lipinski definition) is 1. The maximum atomic E-state index is 12.0. The third-order valence-electron chi connectivity index (χ3n) is 2.80. The van der Waals surface area contributed by atoms with Crippen molar-refractivity contribution in [2.45, 2.75) is 32.8 Å². The number of halogens is 1. The lowest BCUT2D eigenvalue weighted by Crippen LogP contribution is -2.16. The van der Waals surface area contributed by atoms with Gasteiger partial charge in [-0.3, -0.25) is 4.79 Å². The molecule has 0 aliphatic carbocycles. The molecule has 0 aromatic heterocycles. The minimum atomic E-state index is -0.412. The molecule has 0 aliphatic rings. The van der Waals surface area contributed by atoms with Crippen molar-refractivity contribution in [3.8, 4) is 5.75 Å². The number of ether oxygens (including phenoxy) is 1. The molecule has 0 saturated carbocycles. The van der Waals surface area contributed by atoms with E-state index in [1.165, 1.54) is 23.8 Å². The molecule has 1 unspecified atom stereocenters. The van der Waals surface area contributed by atoms with E-state index >= 15 is 0 Å². The highest BCUT2D eigenvalue weighted by Gasteiger charge is 2.07. The van der Waals surface area contributed by atoms with Crippen LogP contribution in [-0.2, 0) is 16.0 Å². The quantitative estimate of drug-likeness (QED) is 0.865. The Hall–Kier alpha value is -2.36. The molecule has 1 atom stereocenters. The molecule has 0 spiro atoms. The molecular weight excluding hydrogens is 283 g/mol. The number of rotatable bonds is 4. The molecule has 2 aromatic rings. The molecule has 0 radical (unpaired) electrons. The Morgan fingerprint density at radius 3 is 2.36 bits per heavy atom. The molecule has 0 heterocycles. The minimum Gasteiger partial charge on any atom is -0.508 e. The second-order valence-electron chi connectivity index (χ2n) is 4.82. The Morgan fingerprint density at radius 2 is 1.86 bits per heavy atom. The first-order valence-electron chi connectivity index (χ1n) is 7.19. The van der Waals surface area contributed by atoms with Gasteiger partial charge in [0.1, 0.15) is 17.7 Å². The number of phenolic OH excluding ortho intramolecular Hbond substituents is 1. The van der Waals surface area contributed by atoms with Crippen LogP contribution >= 0.6 is 0 Å². The summed E-state index contributed by atoms with van der Waals surface area (Å²) in [5.41, 5.74) is 1.20. The molecule has 2 aromatic carbocycles. The maximum Gasteiger partial charge on any atom is 0.305 e. The summed E-state index contributed by atoms with van der Waals surface area (Å²) < 4.78 is 17.2. The molecule has 3 nitrogen and oxygen atoms in total. The molecule has 0 bridgehead atoms. The Kier molecular flexibility index (Phi) is 7.68. The standard InChI is InChI=1S/C12H16O2.C6H5FO/c1-3-12(13)14-10(2)9-11-7-5-4-6-8-11;7-5-2-1-3-6(8)4-5/h4-8,10H,3,9H2,1-2H3;1-4,8H. The highest BCUT2D eigenvalue weighted by atomic mass is 19.1. The average Bonchev–Trinajstić information content (AvgIpc) is 2.48. The highest BCUT2D eigenvalue weighted by Crippen LogP contribution is 2.08. The lowest BCUT2D eigenvalue weighted by atomic mass is 10.1. The number of aromatic hydroxyl groups is 1. The van der Waals surface area contributed by atoms with Crippen molar-refractivity contribution in [3.63, 3.8) is 0 Å². The molecule has 22 heavy (non-hydrogen) atoms. The van der Waals surface area contributed by atoms with Crippen molar-refractivity contribution in [1.82, 2.24) is 0 Å². The summed E-state index contributed by atoms with van der Waals surface area (Å²) in [4.78, 5) is 11.0. The van der Waals surface area contributed by atoms with E-state index in [4.69, 9.17) is 9.84 Å². The van der Waals surface area contributed by atoms with Crippen molar-refractivity contribution in [1.29, 1.82) is 0 Å². The van der Waals surface area contributed by atoms with E-state index < -0.39 is 5.82 Å². The largest absolute Gasteiger partial charge is 0.508 e. The van der Waals surface area contributed by atoms with Crippen molar-refractivity contribution in [2.24, 2.45) is 0 Å². The lowest BCUT2D eigenvalue weighted by molar-refractivity contribution is -0.147. The van der Waals surface area contributed by atoms with Crippen LogP contribution in [-0.4, -0.2) is 17.2 Å². The topological polar surface area (TPSA) is 46.5 Å². The van der Waals surface area contributed by atoms with Crippen LogP contribution < -0.4 is 0 Å². The molecule has 0 aliphatic heterocycles. The van der Waals surface area contributed by atoms with Crippen molar-refractivity contribution < 1.29 is 19.0 Å². The van der Waals surface area contributed by atoms with Crippen LogP contribution in [0.4, 0.5) is 4.39 Å². The fraction of sp³-hybridized carbons (Fsp3) is 0.278. The first kappa shape index (κ1) is 17.7. The second-order valence-corrected chi connectivity index (χ2v) is 4.82. The number of phenols is 1. The van der Waals surface area contributed by atoms with Gasteiger partial charge in [-0.25, -0.2) is 4.39 Å². The Morgan fingerprint density at radius 1 is 1.18 bits per heavy atom. The third kappa shape index (κ3) is 7.43. The fourth-order valence-corrected chi connectivity index (χ4v) is 1.77. The van der Waals surface area contributed by atoms with Crippen LogP contribution in [0.5, 0.6) is 5.75 Å². The van der Waals surface area contributed by atoms with Crippen LogP contribution in [0, 0.1) is 5.82 Å². The average molecular weight is 304 g/mol. The number of carbonyl (C=O) groups excluding carboxylic acids is 1. The summed E-state index contributed by atoms with van der Waals surface area (Å²) in [6.45, 7) is 3.72. The number of hydrogen-bond acceptors (Lipinski definition) is 3. The summed E-state index contributed by atoms with van der Waals surface area (Å²) in [5.74, 6) is -0.580. The smallest absolute Gasteiger partial charge is 0.305 e. The normalized spacial score (nSPS) is 11.0. The van der Waals surface area contributed by atoms with Crippen molar-refractivity contribution in [3.05, 3.63) is 66.0 Å². The lowest BCUT2D eigenvalue weighted by Gasteiger charge is -2.12. The number of esters is 1. The van der Waals surface area contributed by atoms with Crippen LogP contribution in [0.2, 0.25) is 0 Å². The van der Waals surface area contributed by atoms with Gasteiger partial charge in [-0.1, -0.05) is 43.3 Å². The van der Waals surface area contributed by atoms with Gasteiger partial charge in [-0.15, -0.1) is 0 Å². The van der Waals surface area contributed by atoms with E-state index in [-0.39, 0.29) is 17.8 Å². The molecule has 4 heteroatoms. The van der Waals surface area contributed by atoms with Gasteiger partial charge in [-0.05, 0) is 24.6 Å². The summed E-state index contributed by atoms with van der Waals surface area (Å²) in [6.07, 6.45) is 1.19. The molecule has 118 valence electrons. The van der Waals surface area contributed by atoms with E-state index in [0.717, 1.165) is 12.5 Å². The van der Waals surface area contributed by atoms with E-state index in [0.29, 0.717) is 6.42 Å². The monoisotopic (exact) mass is 304 g/mol. The van der Waals surface area contributed by atoms with Crippen LogP contribution in [0.3, 0.4) is 0 Å². The molecular formula is C18H21FO3. The van der Waals surface area contributed by atoms with Crippen LogP contribution in [0.15, 0.2) is 54.6 Å². The SMILES string of the molecule is CCC(=O)OC(C)Cc1ccccc1.Oc1cccc(F)c1. The van der Waals surface area contributed by atoms with E-state index in [1.54, 1.807) is 6.92 Å². The molecule has 0 amide bonds. The van der Waals surface area contributed by atoms with Gasteiger partial charge in [0.2, 0.25) is 0 Å². The molecule has 0 saturated heterocycles. The maximum absolute atomic E-state index is 12.0. The molecule has 1 N–H and O–H groups in total. The fourth-order valence-electron chi connectivity index (χ4n) is 1.77. The first-order chi connectivity index (χ1) is 10.5. The van der Waals surface area contributed by atoms with Crippen LogP contribution in [0.1, 0.15) is 25.8 Å². The summed E-state index contributed by atoms with van der Waals surface area (Å²) in [7, 11) is 0. The van der Waals surface area contributed by atoms with Gasteiger partial charge in [0.05, 0.1) is 0 Å². The zero-order chi connectivity index (χ0) is 16.4. The van der Waals surface area contributed by atoms with Gasteiger partial charge in [-0.2, -0.15) is 0 Å². The van der Waals surface area contributed by atoms with Gasteiger partial charge < -0.3 is 9.84 Å². The predicted octanol–water partition coefficient (Wildman–Crippen LogP) is 4.10. The second kappa shape index (κ2) is 9.55. The predicted molar refractivity (Wildman–Crippen MR) is 84.1 cm³/mol. The summed E-state index contributed by atoms with van der Waals surface area (Å²) >= 11 is 0.